The first kappa shape index (κ1) is 17.0. The lowest BCUT2D eigenvalue weighted by Crippen LogP contribution is -2.30. The standard InChI is InChI=1S/C19H30BrN/c1-2-13-21-15-18(17-7-5-3-4-6-8-17)14-16-9-11-19(20)12-10-16/h9-12,17-18,21H,2-8,13-15H2,1H3. The molecule has 0 heterocycles. The lowest BCUT2D eigenvalue weighted by atomic mass is 9.82. The van der Waals surface area contributed by atoms with Gasteiger partial charge in [-0.15, -0.1) is 0 Å². The van der Waals surface area contributed by atoms with E-state index in [-0.39, 0.29) is 0 Å². The lowest BCUT2D eigenvalue weighted by molar-refractivity contribution is 0.285. The van der Waals surface area contributed by atoms with Crippen LogP contribution in [0.4, 0.5) is 0 Å². The van der Waals surface area contributed by atoms with Gasteiger partial charge in [0.25, 0.3) is 0 Å². The quantitative estimate of drug-likeness (QED) is 0.499. The van der Waals surface area contributed by atoms with E-state index in [0.29, 0.717) is 0 Å². The highest BCUT2D eigenvalue weighted by molar-refractivity contribution is 9.10. The molecular formula is C19H30BrN. The number of hydrogen-bond acceptors (Lipinski definition) is 1. The van der Waals surface area contributed by atoms with Crippen molar-refractivity contribution in [1.29, 1.82) is 0 Å². The van der Waals surface area contributed by atoms with Gasteiger partial charge in [0.2, 0.25) is 0 Å². The highest BCUT2D eigenvalue weighted by atomic mass is 79.9. The molecule has 1 aromatic rings. The Hall–Kier alpha value is -0.340. The van der Waals surface area contributed by atoms with Crippen LogP contribution in [0, 0.1) is 11.8 Å². The van der Waals surface area contributed by atoms with Gasteiger partial charge in [-0.2, -0.15) is 0 Å². The molecular weight excluding hydrogens is 322 g/mol. The molecule has 0 saturated heterocycles. The van der Waals surface area contributed by atoms with Crippen LogP contribution in [0.25, 0.3) is 0 Å². The molecule has 2 heteroatoms. The Morgan fingerprint density at radius 1 is 1.10 bits per heavy atom. The highest BCUT2D eigenvalue weighted by Gasteiger charge is 2.22. The molecule has 0 radical (unpaired) electrons. The molecule has 0 aliphatic heterocycles. The van der Waals surface area contributed by atoms with Crippen molar-refractivity contribution in [1.82, 2.24) is 5.32 Å². The maximum absolute atomic E-state index is 3.68. The number of hydrogen-bond donors (Lipinski definition) is 1. The molecule has 1 nitrogen and oxygen atoms in total. The summed E-state index contributed by atoms with van der Waals surface area (Å²) in [6.07, 6.45) is 11.1. The monoisotopic (exact) mass is 351 g/mol. The van der Waals surface area contributed by atoms with Crippen LogP contribution in [-0.4, -0.2) is 13.1 Å². The second-order valence-electron chi connectivity index (χ2n) is 6.55. The zero-order valence-electron chi connectivity index (χ0n) is 13.4. The Morgan fingerprint density at radius 2 is 1.76 bits per heavy atom. The second-order valence-corrected chi connectivity index (χ2v) is 7.46. The summed E-state index contributed by atoms with van der Waals surface area (Å²) in [5, 5.41) is 3.68. The van der Waals surface area contributed by atoms with Gasteiger partial charge in [0.1, 0.15) is 0 Å². The Labute approximate surface area is 139 Å². The fourth-order valence-corrected chi connectivity index (χ4v) is 3.84. The van der Waals surface area contributed by atoms with E-state index in [1.165, 1.54) is 67.9 Å². The summed E-state index contributed by atoms with van der Waals surface area (Å²) in [4.78, 5) is 0. The van der Waals surface area contributed by atoms with E-state index in [4.69, 9.17) is 0 Å². The van der Waals surface area contributed by atoms with Crippen molar-refractivity contribution in [3.8, 4) is 0 Å². The van der Waals surface area contributed by atoms with Crippen molar-refractivity contribution in [3.05, 3.63) is 34.3 Å². The van der Waals surface area contributed by atoms with E-state index < -0.39 is 0 Å². The van der Waals surface area contributed by atoms with Crippen molar-refractivity contribution in [2.24, 2.45) is 11.8 Å². The Kier molecular flexibility index (Phi) is 7.81. The fraction of sp³-hybridized carbons (Fsp3) is 0.684. The zero-order valence-corrected chi connectivity index (χ0v) is 15.0. The first-order valence-electron chi connectivity index (χ1n) is 8.74. The second kappa shape index (κ2) is 9.63. The van der Waals surface area contributed by atoms with E-state index in [2.05, 4.69) is 52.4 Å². The fourth-order valence-electron chi connectivity index (χ4n) is 3.58. The molecule has 2 rings (SSSR count). The molecule has 1 saturated carbocycles. The van der Waals surface area contributed by atoms with E-state index in [0.717, 1.165) is 18.4 Å². The molecule has 1 aliphatic carbocycles. The Balaban J connectivity index is 1.97. The van der Waals surface area contributed by atoms with Gasteiger partial charge in [0.05, 0.1) is 0 Å². The van der Waals surface area contributed by atoms with Gasteiger partial charge in [-0.25, -0.2) is 0 Å². The number of benzene rings is 1. The normalized spacial score (nSPS) is 18.4. The van der Waals surface area contributed by atoms with Gasteiger partial charge in [0.15, 0.2) is 0 Å². The Morgan fingerprint density at radius 3 is 2.38 bits per heavy atom. The third-order valence-electron chi connectivity index (χ3n) is 4.81. The van der Waals surface area contributed by atoms with E-state index in [1.807, 2.05) is 0 Å². The number of halogens is 1. The average Bonchev–Trinajstić information content (AvgIpc) is 2.78. The third kappa shape index (κ3) is 6.12. The third-order valence-corrected chi connectivity index (χ3v) is 5.34. The van der Waals surface area contributed by atoms with Crippen LogP contribution in [0.1, 0.15) is 57.4 Å². The van der Waals surface area contributed by atoms with Gasteiger partial charge in [-0.1, -0.05) is 73.5 Å². The minimum atomic E-state index is 0.802. The van der Waals surface area contributed by atoms with Crippen molar-refractivity contribution in [2.45, 2.75) is 58.3 Å². The largest absolute Gasteiger partial charge is 0.316 e. The average molecular weight is 352 g/mol. The first-order valence-corrected chi connectivity index (χ1v) is 9.54. The molecule has 21 heavy (non-hydrogen) atoms. The van der Waals surface area contributed by atoms with Gasteiger partial charge >= 0.3 is 0 Å². The summed E-state index contributed by atoms with van der Waals surface area (Å²) in [6, 6.07) is 8.93. The topological polar surface area (TPSA) is 12.0 Å². The van der Waals surface area contributed by atoms with Crippen LogP contribution in [0.5, 0.6) is 0 Å². The predicted molar refractivity (Wildman–Crippen MR) is 95.7 cm³/mol. The van der Waals surface area contributed by atoms with Crippen LogP contribution in [0.15, 0.2) is 28.7 Å². The molecule has 0 amide bonds. The maximum atomic E-state index is 3.68. The van der Waals surface area contributed by atoms with Gasteiger partial charge in [-0.05, 0) is 55.5 Å². The van der Waals surface area contributed by atoms with Crippen LogP contribution < -0.4 is 5.32 Å². The number of nitrogens with one attached hydrogen (secondary N) is 1. The molecule has 1 N–H and O–H groups in total. The summed E-state index contributed by atoms with van der Waals surface area (Å²) in [6.45, 7) is 4.60. The molecule has 0 bridgehead atoms. The lowest BCUT2D eigenvalue weighted by Gasteiger charge is -2.27. The predicted octanol–water partition coefficient (Wildman–Crippen LogP) is 5.58. The number of rotatable bonds is 7. The highest BCUT2D eigenvalue weighted by Crippen LogP contribution is 2.31. The molecule has 0 aromatic heterocycles. The maximum Gasteiger partial charge on any atom is 0.0175 e. The van der Waals surface area contributed by atoms with Crippen molar-refractivity contribution < 1.29 is 0 Å². The smallest absolute Gasteiger partial charge is 0.0175 e. The minimum absolute atomic E-state index is 0.802. The van der Waals surface area contributed by atoms with Crippen molar-refractivity contribution in [3.63, 3.8) is 0 Å². The summed E-state index contributed by atoms with van der Waals surface area (Å²) in [5.74, 6) is 1.72. The van der Waals surface area contributed by atoms with Crippen molar-refractivity contribution in [2.75, 3.05) is 13.1 Å². The SMILES string of the molecule is CCCNCC(Cc1ccc(Br)cc1)C1CCCCCC1. The molecule has 1 aromatic carbocycles. The Bertz CT molecular complexity index is 379. The molecule has 118 valence electrons. The van der Waals surface area contributed by atoms with Gasteiger partial charge in [-0.3, -0.25) is 0 Å². The molecule has 1 fully saturated rings. The van der Waals surface area contributed by atoms with Crippen molar-refractivity contribution >= 4 is 15.9 Å². The van der Waals surface area contributed by atoms with Gasteiger partial charge < -0.3 is 5.32 Å². The molecule has 1 aliphatic rings. The van der Waals surface area contributed by atoms with E-state index >= 15 is 0 Å². The minimum Gasteiger partial charge on any atom is -0.316 e. The first-order chi connectivity index (χ1) is 10.3. The summed E-state index contributed by atoms with van der Waals surface area (Å²) >= 11 is 3.54. The summed E-state index contributed by atoms with van der Waals surface area (Å²) in [7, 11) is 0. The molecule has 0 spiro atoms. The summed E-state index contributed by atoms with van der Waals surface area (Å²) in [5.41, 5.74) is 1.49. The molecule has 1 unspecified atom stereocenters. The van der Waals surface area contributed by atoms with E-state index in [1.54, 1.807) is 0 Å². The van der Waals surface area contributed by atoms with Crippen LogP contribution in [0.3, 0.4) is 0 Å². The zero-order chi connectivity index (χ0) is 14.9. The molecule has 1 atom stereocenters. The van der Waals surface area contributed by atoms with Gasteiger partial charge in [0, 0.05) is 4.47 Å². The van der Waals surface area contributed by atoms with Crippen LogP contribution >= 0.6 is 15.9 Å². The van der Waals surface area contributed by atoms with E-state index in [9.17, 15) is 0 Å². The van der Waals surface area contributed by atoms with Crippen LogP contribution in [0.2, 0.25) is 0 Å². The van der Waals surface area contributed by atoms with Crippen LogP contribution in [-0.2, 0) is 6.42 Å². The summed E-state index contributed by atoms with van der Waals surface area (Å²) < 4.78 is 1.18.